The van der Waals surface area contributed by atoms with Crippen LogP contribution in [0.5, 0.6) is 5.75 Å². The molecule has 0 bridgehead atoms. The highest BCUT2D eigenvalue weighted by Crippen LogP contribution is 2.29. The van der Waals surface area contributed by atoms with Crippen molar-refractivity contribution in [1.29, 1.82) is 0 Å². The Balaban J connectivity index is 1.61. The molecule has 0 spiro atoms. The monoisotopic (exact) mass is 451 g/mol. The molecule has 9 heteroatoms. The molecule has 0 saturated carbocycles. The number of nitrogen functional groups attached to an aromatic ring is 1. The van der Waals surface area contributed by atoms with Gasteiger partial charge < -0.3 is 20.6 Å². The molecular formula is C24H19F2N3O4. The molecule has 4 rings (SSSR count). The van der Waals surface area contributed by atoms with E-state index in [4.69, 9.17) is 15.6 Å². The number of hydrogen-bond donors (Lipinski definition) is 3. The van der Waals surface area contributed by atoms with Crippen LogP contribution in [0.25, 0.3) is 22.2 Å². The zero-order valence-corrected chi connectivity index (χ0v) is 17.3. The van der Waals surface area contributed by atoms with Crippen molar-refractivity contribution in [3.05, 3.63) is 77.6 Å². The molecular weight excluding hydrogens is 432 g/mol. The highest BCUT2D eigenvalue weighted by Gasteiger charge is 2.24. The van der Waals surface area contributed by atoms with E-state index in [1.807, 2.05) is 0 Å². The number of fused-ring (bicyclic) bond motifs is 1. The zero-order valence-electron chi connectivity index (χ0n) is 17.3. The second-order valence-electron chi connectivity index (χ2n) is 7.35. The first-order valence-electron chi connectivity index (χ1n) is 10.1. The normalized spacial score (nSPS) is 11.0. The molecule has 4 N–H and O–H groups in total. The summed E-state index contributed by atoms with van der Waals surface area (Å²) in [4.78, 5) is 30.6. The lowest BCUT2D eigenvalue weighted by atomic mass is 10.00. The lowest BCUT2D eigenvalue weighted by Crippen LogP contribution is -2.09. The number of nitrogens with one attached hydrogen (secondary N) is 1. The molecule has 0 aliphatic heterocycles. The van der Waals surface area contributed by atoms with Gasteiger partial charge in [-0.25, -0.2) is 13.8 Å². The third kappa shape index (κ3) is 4.52. The fourth-order valence-electron chi connectivity index (χ4n) is 3.42. The predicted octanol–water partition coefficient (Wildman–Crippen LogP) is 4.56. The van der Waals surface area contributed by atoms with Gasteiger partial charge in [0.1, 0.15) is 17.2 Å². The first-order valence-corrected chi connectivity index (χ1v) is 10.1. The summed E-state index contributed by atoms with van der Waals surface area (Å²) in [5.41, 5.74) is 6.40. The van der Waals surface area contributed by atoms with E-state index in [0.717, 1.165) is 17.7 Å². The van der Waals surface area contributed by atoms with E-state index in [1.54, 1.807) is 36.5 Å². The number of nitrogens with zero attached hydrogens (tertiary/aromatic N) is 1. The fourth-order valence-corrected chi connectivity index (χ4v) is 3.42. The Morgan fingerprint density at radius 2 is 1.85 bits per heavy atom. The van der Waals surface area contributed by atoms with Crippen molar-refractivity contribution in [2.75, 3.05) is 12.3 Å². The van der Waals surface area contributed by atoms with Crippen LogP contribution in [-0.4, -0.2) is 33.4 Å². The molecule has 0 aliphatic rings. The van der Waals surface area contributed by atoms with E-state index in [9.17, 15) is 18.4 Å². The second-order valence-corrected chi connectivity index (χ2v) is 7.35. The van der Waals surface area contributed by atoms with Gasteiger partial charge in [-0.1, -0.05) is 12.1 Å². The van der Waals surface area contributed by atoms with Gasteiger partial charge in [0.2, 0.25) is 5.78 Å². The average Bonchev–Trinajstić information content (AvgIpc) is 3.23. The van der Waals surface area contributed by atoms with Crippen LogP contribution in [0, 0.1) is 11.6 Å². The maximum absolute atomic E-state index is 14.4. The highest BCUT2D eigenvalue weighted by atomic mass is 19.1. The maximum atomic E-state index is 14.4. The van der Waals surface area contributed by atoms with Crippen LogP contribution in [0.4, 0.5) is 14.5 Å². The van der Waals surface area contributed by atoms with E-state index in [0.29, 0.717) is 28.8 Å². The number of H-pyrrole nitrogens is 1. The second kappa shape index (κ2) is 9.07. The first-order chi connectivity index (χ1) is 15.8. The van der Waals surface area contributed by atoms with E-state index >= 15 is 0 Å². The van der Waals surface area contributed by atoms with Crippen LogP contribution >= 0.6 is 0 Å². The molecule has 0 unspecified atom stereocenters. The van der Waals surface area contributed by atoms with Crippen LogP contribution in [-0.2, 0) is 4.79 Å². The third-order valence-electron chi connectivity index (χ3n) is 5.12. The number of benzene rings is 2. The summed E-state index contributed by atoms with van der Waals surface area (Å²) in [6.07, 6.45) is 3.40. The predicted molar refractivity (Wildman–Crippen MR) is 118 cm³/mol. The lowest BCUT2D eigenvalue weighted by molar-refractivity contribution is -0.137. The van der Waals surface area contributed by atoms with Gasteiger partial charge in [0.25, 0.3) is 0 Å². The summed E-state index contributed by atoms with van der Waals surface area (Å²) in [7, 11) is 0. The highest BCUT2D eigenvalue weighted by molar-refractivity contribution is 6.16. The van der Waals surface area contributed by atoms with Crippen LogP contribution in [0.15, 0.2) is 54.9 Å². The van der Waals surface area contributed by atoms with Crippen LogP contribution in [0.3, 0.4) is 0 Å². The molecule has 168 valence electrons. The SMILES string of the molecule is Nc1ccc(F)c(C(=O)c2c[nH]c3ncc(-c4ccc(OCCCC(=O)O)cc4)cc23)c1F. The molecule has 0 atom stereocenters. The summed E-state index contributed by atoms with van der Waals surface area (Å²) in [5, 5.41) is 9.07. The summed E-state index contributed by atoms with van der Waals surface area (Å²) in [6.45, 7) is 0.283. The van der Waals surface area contributed by atoms with Crippen molar-refractivity contribution >= 4 is 28.5 Å². The summed E-state index contributed by atoms with van der Waals surface area (Å²) in [5.74, 6) is -3.22. The molecule has 0 radical (unpaired) electrons. The molecule has 0 amide bonds. The minimum absolute atomic E-state index is 0.0326. The number of hydrogen-bond acceptors (Lipinski definition) is 5. The molecule has 7 nitrogen and oxygen atoms in total. The van der Waals surface area contributed by atoms with E-state index in [-0.39, 0.29) is 24.3 Å². The van der Waals surface area contributed by atoms with Crippen molar-refractivity contribution in [3.63, 3.8) is 0 Å². The summed E-state index contributed by atoms with van der Waals surface area (Å²) in [6, 6.07) is 10.8. The fraction of sp³-hybridized carbons (Fsp3) is 0.125. The number of nitrogens with two attached hydrogens (primary N) is 1. The smallest absolute Gasteiger partial charge is 0.303 e. The number of aliphatic carboxylic acids is 1. The van der Waals surface area contributed by atoms with E-state index < -0.39 is 29.0 Å². The van der Waals surface area contributed by atoms with Crippen molar-refractivity contribution in [3.8, 4) is 16.9 Å². The minimum atomic E-state index is -1.10. The average molecular weight is 451 g/mol. The number of carboxylic acid groups (broad SMARTS) is 1. The molecule has 2 aromatic carbocycles. The van der Waals surface area contributed by atoms with Crippen molar-refractivity contribution in [1.82, 2.24) is 9.97 Å². The summed E-state index contributed by atoms with van der Waals surface area (Å²) >= 11 is 0. The Hall–Kier alpha value is -4.27. The van der Waals surface area contributed by atoms with Gasteiger partial charge >= 0.3 is 5.97 Å². The number of pyridine rings is 1. The van der Waals surface area contributed by atoms with Crippen LogP contribution in [0.1, 0.15) is 28.8 Å². The lowest BCUT2D eigenvalue weighted by Gasteiger charge is -2.08. The van der Waals surface area contributed by atoms with Crippen molar-refractivity contribution in [2.45, 2.75) is 12.8 Å². The Kier molecular flexibility index (Phi) is 6.03. The Morgan fingerprint density at radius 1 is 1.09 bits per heavy atom. The van der Waals surface area contributed by atoms with Crippen molar-refractivity contribution in [2.24, 2.45) is 0 Å². The van der Waals surface area contributed by atoms with E-state index in [1.165, 1.54) is 6.20 Å². The van der Waals surface area contributed by atoms with Gasteiger partial charge in [0.15, 0.2) is 5.82 Å². The van der Waals surface area contributed by atoms with Gasteiger partial charge in [-0.3, -0.25) is 9.59 Å². The minimum Gasteiger partial charge on any atom is -0.494 e. The van der Waals surface area contributed by atoms with Crippen LogP contribution in [0.2, 0.25) is 0 Å². The van der Waals surface area contributed by atoms with Crippen LogP contribution < -0.4 is 10.5 Å². The van der Waals surface area contributed by atoms with Gasteiger partial charge in [0, 0.05) is 35.3 Å². The molecule has 2 heterocycles. The Morgan fingerprint density at radius 3 is 2.58 bits per heavy atom. The molecule has 0 saturated heterocycles. The number of rotatable bonds is 8. The van der Waals surface area contributed by atoms with E-state index in [2.05, 4.69) is 9.97 Å². The molecule has 2 aromatic heterocycles. The van der Waals surface area contributed by atoms with Crippen molar-refractivity contribution < 1.29 is 28.2 Å². The first kappa shape index (κ1) is 21.9. The molecule has 33 heavy (non-hydrogen) atoms. The number of aromatic amines is 1. The quantitative estimate of drug-likeness (QED) is 0.205. The van der Waals surface area contributed by atoms with Gasteiger partial charge in [-0.2, -0.15) is 0 Å². The standard InChI is InChI=1S/C24H19F2N3O4/c25-18-7-8-19(27)22(26)21(18)23(32)17-12-29-24-16(17)10-14(11-28-24)13-3-5-15(6-4-13)33-9-1-2-20(30)31/h3-8,10-12H,1-2,9,27H2,(H,28,29)(H,30,31). The van der Waals surface area contributed by atoms with Gasteiger partial charge in [-0.05, 0) is 42.3 Å². The largest absolute Gasteiger partial charge is 0.494 e. The third-order valence-corrected chi connectivity index (χ3v) is 5.12. The maximum Gasteiger partial charge on any atom is 0.303 e. The number of halogens is 2. The molecule has 0 aliphatic carbocycles. The number of ether oxygens (including phenoxy) is 1. The van der Waals surface area contributed by atoms with Gasteiger partial charge in [-0.15, -0.1) is 0 Å². The topological polar surface area (TPSA) is 118 Å². The number of carbonyl (C=O) groups excluding carboxylic acids is 1. The number of carbonyl (C=O) groups is 2. The number of aromatic nitrogens is 2. The molecule has 0 fully saturated rings. The summed E-state index contributed by atoms with van der Waals surface area (Å²) < 4.78 is 34.1. The van der Waals surface area contributed by atoms with Gasteiger partial charge in [0.05, 0.1) is 17.9 Å². The number of ketones is 1. The number of carboxylic acids is 1. The Bertz CT molecular complexity index is 1350. The number of anilines is 1. The molecule has 4 aromatic rings. The Labute approximate surface area is 186 Å². The zero-order chi connectivity index (χ0) is 23.5.